The van der Waals surface area contributed by atoms with Crippen LogP contribution in [0.25, 0.3) is 0 Å². The molecule has 1 aromatic carbocycles. The monoisotopic (exact) mass is 288 g/mol. The Balaban J connectivity index is 2.63. The van der Waals surface area contributed by atoms with Crippen molar-refractivity contribution in [2.24, 2.45) is 0 Å². The van der Waals surface area contributed by atoms with Gasteiger partial charge in [0.1, 0.15) is 11.6 Å². The van der Waals surface area contributed by atoms with Gasteiger partial charge in [0.25, 0.3) is 0 Å². The van der Waals surface area contributed by atoms with Gasteiger partial charge in [0, 0.05) is 5.56 Å². The molecule has 0 aliphatic heterocycles. The van der Waals surface area contributed by atoms with Crippen LogP contribution in [0.15, 0.2) is 16.6 Å². The van der Waals surface area contributed by atoms with Crippen molar-refractivity contribution in [3.8, 4) is 5.75 Å². The minimum absolute atomic E-state index is 0.0613. The van der Waals surface area contributed by atoms with Gasteiger partial charge in [-0.3, -0.25) is 4.79 Å². The van der Waals surface area contributed by atoms with Crippen molar-refractivity contribution < 1.29 is 19.4 Å². The smallest absolute Gasteiger partial charge is 0.314 e. The Morgan fingerprint density at radius 2 is 2.06 bits per heavy atom. The van der Waals surface area contributed by atoms with Gasteiger partial charge in [-0.1, -0.05) is 6.42 Å². The van der Waals surface area contributed by atoms with Crippen LogP contribution < -0.4 is 0 Å². The summed E-state index contributed by atoms with van der Waals surface area (Å²) >= 11 is 3.06. The predicted molar refractivity (Wildman–Crippen MR) is 58.9 cm³/mol. The van der Waals surface area contributed by atoms with Crippen LogP contribution in [0.1, 0.15) is 24.8 Å². The minimum atomic E-state index is -1.18. The van der Waals surface area contributed by atoms with E-state index in [2.05, 4.69) is 15.9 Å². The van der Waals surface area contributed by atoms with E-state index in [9.17, 15) is 19.4 Å². The Morgan fingerprint density at radius 1 is 1.44 bits per heavy atom. The van der Waals surface area contributed by atoms with E-state index in [-0.39, 0.29) is 15.8 Å². The maximum absolute atomic E-state index is 13.7. The first-order valence-corrected chi connectivity index (χ1v) is 5.69. The number of carboxylic acid groups (broad SMARTS) is 1. The fraction of sp³-hybridized carbons (Fsp3) is 0.364. The van der Waals surface area contributed by atoms with Gasteiger partial charge in [0.05, 0.1) is 9.89 Å². The summed E-state index contributed by atoms with van der Waals surface area (Å²) in [4.78, 5) is 11.3. The lowest BCUT2D eigenvalue weighted by molar-refractivity contribution is -0.147. The van der Waals surface area contributed by atoms with Crippen LogP contribution in [-0.2, 0) is 10.2 Å². The Labute approximate surface area is 100 Å². The summed E-state index contributed by atoms with van der Waals surface area (Å²) in [5, 5.41) is 18.7. The summed E-state index contributed by atoms with van der Waals surface area (Å²) in [6, 6.07) is 2.30. The fourth-order valence-corrected chi connectivity index (χ4v) is 2.78. The maximum atomic E-state index is 13.7. The lowest BCUT2D eigenvalue weighted by Crippen LogP contribution is -2.43. The molecule has 0 radical (unpaired) electrons. The molecule has 86 valence electrons. The molecule has 0 aromatic heterocycles. The molecule has 1 aliphatic rings. The second kappa shape index (κ2) is 3.73. The van der Waals surface area contributed by atoms with Crippen LogP contribution in [0.3, 0.4) is 0 Å². The fourth-order valence-electron chi connectivity index (χ4n) is 2.08. The van der Waals surface area contributed by atoms with Crippen molar-refractivity contribution in [3.63, 3.8) is 0 Å². The predicted octanol–water partition coefficient (Wildman–Crippen LogP) is 2.80. The highest BCUT2D eigenvalue weighted by Gasteiger charge is 2.49. The highest BCUT2D eigenvalue weighted by Crippen LogP contribution is 2.49. The van der Waals surface area contributed by atoms with Crippen LogP contribution in [0.2, 0.25) is 0 Å². The second-order valence-electron chi connectivity index (χ2n) is 4.00. The number of carboxylic acids is 1. The van der Waals surface area contributed by atoms with Crippen molar-refractivity contribution in [1.82, 2.24) is 0 Å². The van der Waals surface area contributed by atoms with Crippen LogP contribution in [0, 0.1) is 5.82 Å². The normalized spacial score (nSPS) is 17.9. The number of hydrogen-bond acceptors (Lipinski definition) is 2. The standard InChI is InChI=1S/C11H10BrFO3/c12-9-7(14)3-2-6(13)8(9)11(10(15)16)4-1-5-11/h2-3,14H,1,4-5H2,(H,15,16). The van der Waals surface area contributed by atoms with Crippen LogP contribution in [0.5, 0.6) is 5.75 Å². The number of hydrogen-bond donors (Lipinski definition) is 2. The first-order valence-electron chi connectivity index (χ1n) is 4.90. The highest BCUT2D eigenvalue weighted by molar-refractivity contribution is 9.10. The molecule has 2 rings (SSSR count). The molecule has 0 unspecified atom stereocenters. The zero-order chi connectivity index (χ0) is 11.9. The molecule has 5 heteroatoms. The van der Waals surface area contributed by atoms with E-state index < -0.39 is 17.2 Å². The average Bonchev–Trinajstić information content (AvgIpc) is 2.15. The number of phenolic OH excluding ortho intramolecular Hbond substituents is 1. The molecule has 0 heterocycles. The molecule has 2 N–H and O–H groups in total. The number of rotatable bonds is 2. The Morgan fingerprint density at radius 3 is 2.50 bits per heavy atom. The SMILES string of the molecule is O=C(O)C1(c2c(F)ccc(O)c2Br)CCC1. The van der Waals surface area contributed by atoms with Gasteiger partial charge in [-0.15, -0.1) is 0 Å². The number of phenols is 1. The summed E-state index contributed by atoms with van der Waals surface area (Å²) in [7, 11) is 0. The molecular formula is C11H10BrFO3. The van der Waals surface area contributed by atoms with E-state index in [1.54, 1.807) is 0 Å². The molecule has 1 aromatic rings. The van der Waals surface area contributed by atoms with Crippen molar-refractivity contribution in [2.75, 3.05) is 0 Å². The first kappa shape index (κ1) is 11.4. The summed E-state index contributed by atoms with van der Waals surface area (Å²) in [6.45, 7) is 0. The van der Waals surface area contributed by atoms with E-state index in [4.69, 9.17) is 0 Å². The highest BCUT2D eigenvalue weighted by atomic mass is 79.9. The summed E-state index contributed by atoms with van der Waals surface area (Å²) in [5.74, 6) is -1.76. The minimum Gasteiger partial charge on any atom is -0.507 e. The lowest BCUT2D eigenvalue weighted by atomic mass is 9.64. The molecule has 1 aliphatic carbocycles. The van der Waals surface area contributed by atoms with Crippen molar-refractivity contribution in [3.05, 3.63) is 28.0 Å². The van der Waals surface area contributed by atoms with E-state index in [0.29, 0.717) is 12.8 Å². The summed E-state index contributed by atoms with van der Waals surface area (Å²) < 4.78 is 13.9. The summed E-state index contributed by atoms with van der Waals surface area (Å²) in [6.07, 6.45) is 1.57. The molecular weight excluding hydrogens is 279 g/mol. The van der Waals surface area contributed by atoms with Crippen molar-refractivity contribution >= 4 is 21.9 Å². The van der Waals surface area contributed by atoms with Crippen LogP contribution in [-0.4, -0.2) is 16.2 Å². The molecule has 0 atom stereocenters. The molecule has 16 heavy (non-hydrogen) atoms. The quantitative estimate of drug-likeness (QED) is 0.880. The molecule has 1 fully saturated rings. The molecule has 0 amide bonds. The third kappa shape index (κ3) is 1.42. The van der Waals surface area contributed by atoms with Gasteiger partial charge in [0.2, 0.25) is 0 Å². The Hall–Kier alpha value is -1.10. The topological polar surface area (TPSA) is 57.5 Å². The maximum Gasteiger partial charge on any atom is 0.314 e. The number of halogens is 2. The molecule has 1 saturated carbocycles. The van der Waals surface area contributed by atoms with Gasteiger partial charge in [-0.2, -0.15) is 0 Å². The number of aliphatic carboxylic acids is 1. The first-order chi connectivity index (χ1) is 7.49. The largest absolute Gasteiger partial charge is 0.507 e. The average molecular weight is 289 g/mol. The van der Waals surface area contributed by atoms with E-state index in [1.807, 2.05) is 0 Å². The van der Waals surface area contributed by atoms with Gasteiger partial charge in [-0.05, 0) is 40.9 Å². The van der Waals surface area contributed by atoms with Gasteiger partial charge in [0.15, 0.2) is 0 Å². The van der Waals surface area contributed by atoms with Crippen molar-refractivity contribution in [2.45, 2.75) is 24.7 Å². The third-order valence-corrected chi connectivity index (χ3v) is 3.97. The number of carbonyl (C=O) groups is 1. The third-order valence-electron chi connectivity index (χ3n) is 3.17. The van der Waals surface area contributed by atoms with Gasteiger partial charge < -0.3 is 10.2 Å². The number of aromatic hydroxyl groups is 1. The van der Waals surface area contributed by atoms with Crippen molar-refractivity contribution in [1.29, 1.82) is 0 Å². The van der Waals surface area contributed by atoms with E-state index in [1.165, 1.54) is 6.07 Å². The van der Waals surface area contributed by atoms with Gasteiger partial charge in [-0.25, -0.2) is 4.39 Å². The summed E-state index contributed by atoms with van der Waals surface area (Å²) in [5.41, 5.74) is -1.12. The zero-order valence-corrected chi connectivity index (χ0v) is 9.92. The van der Waals surface area contributed by atoms with Crippen LogP contribution >= 0.6 is 15.9 Å². The van der Waals surface area contributed by atoms with E-state index >= 15 is 0 Å². The Kier molecular flexibility index (Phi) is 2.66. The number of benzene rings is 1. The molecule has 0 bridgehead atoms. The second-order valence-corrected chi connectivity index (χ2v) is 4.79. The zero-order valence-electron chi connectivity index (χ0n) is 8.33. The molecule has 0 saturated heterocycles. The molecule has 0 spiro atoms. The Bertz CT molecular complexity index is 455. The van der Waals surface area contributed by atoms with E-state index in [0.717, 1.165) is 12.5 Å². The van der Waals surface area contributed by atoms with Crippen LogP contribution in [0.4, 0.5) is 4.39 Å². The lowest BCUT2D eigenvalue weighted by Gasteiger charge is -2.38. The van der Waals surface area contributed by atoms with Gasteiger partial charge >= 0.3 is 5.97 Å². The molecule has 3 nitrogen and oxygen atoms in total.